The van der Waals surface area contributed by atoms with Gasteiger partial charge < -0.3 is 24.1 Å². The van der Waals surface area contributed by atoms with Gasteiger partial charge in [0.25, 0.3) is 0 Å². The van der Waals surface area contributed by atoms with Crippen LogP contribution in [0.3, 0.4) is 0 Å². The van der Waals surface area contributed by atoms with Crippen LogP contribution in [0.5, 0.6) is 11.5 Å². The molecule has 1 aromatic rings. The zero-order chi connectivity index (χ0) is 33.6. The Balaban J connectivity index is 1.76. The smallest absolute Gasteiger partial charge is 0.330 e. The Morgan fingerprint density at radius 3 is 1.70 bits per heavy atom. The number of hydrogen-bond acceptors (Lipinski definition) is 7. The van der Waals surface area contributed by atoms with Gasteiger partial charge >= 0.3 is 11.9 Å². The molecule has 1 aliphatic heterocycles. The number of methoxy groups -OCH3 is 1. The molecule has 0 amide bonds. The number of cyclic esters (lactones) is 1. The normalized spacial score (nSPS) is 21.2. The van der Waals surface area contributed by atoms with Crippen LogP contribution < -0.4 is 4.74 Å². The maximum absolute atomic E-state index is 12.4. The summed E-state index contributed by atoms with van der Waals surface area (Å²) in [6.45, 7) is 0.628. The third kappa shape index (κ3) is 22.6. The lowest BCUT2D eigenvalue weighted by molar-refractivity contribution is -0.153. The first kappa shape index (κ1) is 40.6. The minimum Gasteiger partial charge on any atom is -0.504 e. The van der Waals surface area contributed by atoms with Crippen LogP contribution in [-0.2, 0) is 23.8 Å². The van der Waals surface area contributed by atoms with Crippen LogP contribution in [-0.4, -0.2) is 50.1 Å². The van der Waals surface area contributed by atoms with E-state index < -0.39 is 12.1 Å². The molecule has 0 bridgehead atoms. The van der Waals surface area contributed by atoms with E-state index in [4.69, 9.17) is 18.9 Å². The van der Waals surface area contributed by atoms with Crippen molar-refractivity contribution in [2.45, 2.75) is 167 Å². The summed E-state index contributed by atoms with van der Waals surface area (Å²) < 4.78 is 22.1. The van der Waals surface area contributed by atoms with Gasteiger partial charge in [-0.3, -0.25) is 4.79 Å². The van der Waals surface area contributed by atoms with Gasteiger partial charge in [-0.1, -0.05) is 147 Å². The molecule has 7 heteroatoms. The van der Waals surface area contributed by atoms with Gasteiger partial charge in [0.1, 0.15) is 19.3 Å². The summed E-state index contributed by atoms with van der Waals surface area (Å²) in [5.41, 5.74) is 0.694. The summed E-state index contributed by atoms with van der Waals surface area (Å²) >= 11 is 0. The maximum Gasteiger partial charge on any atom is 0.330 e. The highest BCUT2D eigenvalue weighted by Gasteiger charge is 2.15. The predicted molar refractivity (Wildman–Crippen MR) is 191 cm³/mol. The molecule has 268 valence electrons. The fourth-order valence-electron chi connectivity index (χ4n) is 6.10. The third-order valence-corrected chi connectivity index (χ3v) is 9.09. The lowest BCUT2D eigenvalue weighted by atomic mass is 10.0. The fraction of sp³-hybridized carbons (Fsp3) is 0.750. The number of esters is 2. The molecule has 1 aromatic carbocycles. The number of phenolic OH excluding ortho intramolecular Hbond substituents is 1. The molecule has 1 heterocycles. The number of carbonyl (C=O) groups is 2. The molecule has 0 saturated carbocycles. The van der Waals surface area contributed by atoms with Crippen LogP contribution in [0.4, 0.5) is 0 Å². The molecule has 7 nitrogen and oxygen atoms in total. The van der Waals surface area contributed by atoms with Crippen LogP contribution in [0.1, 0.15) is 166 Å². The van der Waals surface area contributed by atoms with Crippen molar-refractivity contribution in [1.29, 1.82) is 0 Å². The molecular formula is C40H66O7. The molecule has 0 aromatic heterocycles. The average molecular weight is 659 g/mol. The van der Waals surface area contributed by atoms with Gasteiger partial charge in [-0.05, 0) is 36.6 Å². The van der Waals surface area contributed by atoms with Gasteiger partial charge in [-0.2, -0.15) is 0 Å². The van der Waals surface area contributed by atoms with E-state index >= 15 is 0 Å². The third-order valence-electron chi connectivity index (χ3n) is 9.09. The molecule has 1 N–H and O–H groups in total. The Morgan fingerprint density at radius 2 is 1.21 bits per heavy atom. The fourth-order valence-corrected chi connectivity index (χ4v) is 6.10. The number of hydrogen-bond donors (Lipinski definition) is 1. The quantitative estimate of drug-likeness (QED) is 0.249. The van der Waals surface area contributed by atoms with E-state index in [9.17, 15) is 14.7 Å². The zero-order valence-corrected chi connectivity index (χ0v) is 29.7. The van der Waals surface area contributed by atoms with E-state index in [0.29, 0.717) is 24.3 Å². The number of carbonyl (C=O) groups excluding carboxylic acids is 2. The summed E-state index contributed by atoms with van der Waals surface area (Å²) in [6.07, 6.45) is 33.6. The molecule has 1 fully saturated rings. The summed E-state index contributed by atoms with van der Waals surface area (Å²) in [6, 6.07) is 4.82. The van der Waals surface area contributed by atoms with E-state index in [1.807, 2.05) is 0 Å². The Labute approximate surface area is 286 Å². The van der Waals surface area contributed by atoms with Crippen LogP contribution in [0.25, 0.3) is 6.08 Å². The van der Waals surface area contributed by atoms with Gasteiger partial charge in [-0.15, -0.1) is 0 Å². The summed E-state index contributed by atoms with van der Waals surface area (Å²) in [5, 5.41) is 9.77. The van der Waals surface area contributed by atoms with Crippen molar-refractivity contribution < 1.29 is 33.6 Å². The summed E-state index contributed by atoms with van der Waals surface area (Å²) in [4.78, 5) is 24.9. The molecule has 1 unspecified atom stereocenters. The predicted octanol–water partition coefficient (Wildman–Crippen LogP) is 10.7. The molecule has 47 heavy (non-hydrogen) atoms. The highest BCUT2D eigenvalue weighted by molar-refractivity contribution is 5.87. The molecule has 0 aliphatic carbocycles. The molecule has 0 spiro atoms. The van der Waals surface area contributed by atoms with Crippen molar-refractivity contribution in [2.24, 2.45) is 0 Å². The molecule has 1 atom stereocenters. The highest BCUT2D eigenvalue weighted by atomic mass is 16.6. The number of ether oxygens (including phenoxy) is 4. The van der Waals surface area contributed by atoms with Crippen LogP contribution >= 0.6 is 0 Å². The van der Waals surface area contributed by atoms with E-state index in [1.165, 1.54) is 148 Å². The SMILES string of the molecule is COc1cc(/C=C/C(=O)OCC2COC(=O)CCCCCCCCCCCCCCCCCCCCCCCCCCO2)ccc1O. The summed E-state index contributed by atoms with van der Waals surface area (Å²) in [7, 11) is 1.47. The Morgan fingerprint density at radius 1 is 0.745 bits per heavy atom. The van der Waals surface area contributed by atoms with Gasteiger partial charge in [0, 0.05) is 19.1 Å². The van der Waals surface area contributed by atoms with E-state index in [0.717, 1.165) is 25.7 Å². The number of aromatic hydroxyl groups is 1. The van der Waals surface area contributed by atoms with Crippen LogP contribution in [0, 0.1) is 0 Å². The van der Waals surface area contributed by atoms with Crippen molar-refractivity contribution in [3.63, 3.8) is 0 Å². The van der Waals surface area contributed by atoms with Gasteiger partial charge in [-0.25, -0.2) is 4.79 Å². The molecule has 2 rings (SSSR count). The average Bonchev–Trinajstić information content (AvgIpc) is 3.07. The monoisotopic (exact) mass is 658 g/mol. The van der Waals surface area contributed by atoms with E-state index in [1.54, 1.807) is 18.2 Å². The Bertz CT molecular complexity index is 960. The Kier molecular flexibility index (Phi) is 24.6. The minimum absolute atomic E-state index is 0.00928. The van der Waals surface area contributed by atoms with Gasteiger partial charge in [0.15, 0.2) is 11.5 Å². The van der Waals surface area contributed by atoms with Crippen molar-refractivity contribution in [3.05, 3.63) is 29.8 Å². The van der Waals surface area contributed by atoms with E-state index in [-0.39, 0.29) is 24.9 Å². The van der Waals surface area contributed by atoms with E-state index in [2.05, 4.69) is 0 Å². The Hall–Kier alpha value is -2.54. The lowest BCUT2D eigenvalue weighted by Gasteiger charge is -2.18. The first-order valence-corrected chi connectivity index (χ1v) is 19.1. The van der Waals surface area contributed by atoms with Crippen molar-refractivity contribution in [1.82, 2.24) is 0 Å². The summed E-state index contributed by atoms with van der Waals surface area (Å²) in [5.74, 6) is -0.379. The first-order chi connectivity index (χ1) is 23.1. The van der Waals surface area contributed by atoms with Crippen LogP contribution in [0.2, 0.25) is 0 Å². The standard InChI is InChI=1S/C40H66O7/c1-44-38-32-35(27-29-37(38)41)28-30-40(43)47-34-36-33-46-39(42)26-24-22-20-18-16-14-12-10-8-6-4-2-3-5-7-9-11-13-15-17-19-21-23-25-31-45-36/h27-30,32,36,41H,2-26,31,33-34H2,1H3/b30-28+. The van der Waals surface area contributed by atoms with Crippen molar-refractivity contribution in [2.75, 3.05) is 26.9 Å². The second-order valence-electron chi connectivity index (χ2n) is 13.3. The second-order valence-corrected chi connectivity index (χ2v) is 13.3. The molecular weight excluding hydrogens is 592 g/mol. The highest BCUT2D eigenvalue weighted by Crippen LogP contribution is 2.26. The second kappa shape index (κ2) is 28.5. The van der Waals surface area contributed by atoms with Gasteiger partial charge in [0.2, 0.25) is 0 Å². The van der Waals surface area contributed by atoms with Crippen molar-refractivity contribution in [3.8, 4) is 11.5 Å². The van der Waals surface area contributed by atoms with Crippen molar-refractivity contribution >= 4 is 18.0 Å². The van der Waals surface area contributed by atoms with Crippen LogP contribution in [0.15, 0.2) is 24.3 Å². The zero-order valence-electron chi connectivity index (χ0n) is 29.7. The maximum atomic E-state index is 12.4. The molecule has 0 radical (unpaired) electrons. The largest absolute Gasteiger partial charge is 0.504 e. The number of phenols is 1. The first-order valence-electron chi connectivity index (χ1n) is 19.1. The lowest BCUT2D eigenvalue weighted by Crippen LogP contribution is -2.28. The number of benzene rings is 1. The number of rotatable bonds is 5. The topological polar surface area (TPSA) is 91.3 Å². The van der Waals surface area contributed by atoms with Gasteiger partial charge in [0.05, 0.1) is 7.11 Å². The molecule has 1 saturated heterocycles. The minimum atomic E-state index is -0.518. The molecule has 1 aliphatic rings.